The molecule has 0 saturated carbocycles. The molecule has 116 valence electrons. The van der Waals surface area contributed by atoms with Crippen LogP contribution in [0.15, 0.2) is 24.3 Å². The summed E-state index contributed by atoms with van der Waals surface area (Å²) in [4.78, 5) is 14.0. The third-order valence-corrected chi connectivity index (χ3v) is 3.87. The molecule has 1 heterocycles. The summed E-state index contributed by atoms with van der Waals surface area (Å²) < 4.78 is 5.46. The predicted octanol–water partition coefficient (Wildman–Crippen LogP) is 3.90. The number of aromatic hydroxyl groups is 1. The van der Waals surface area contributed by atoms with E-state index >= 15 is 0 Å². The average molecular weight is 291 g/mol. The van der Waals surface area contributed by atoms with Crippen LogP contribution < -0.4 is 0 Å². The summed E-state index contributed by atoms with van der Waals surface area (Å²) >= 11 is 0. The van der Waals surface area contributed by atoms with Gasteiger partial charge in [-0.3, -0.25) is 0 Å². The third-order valence-electron chi connectivity index (χ3n) is 3.87. The standard InChI is InChI=1S/C17H25NO3/c1-12-11-14(13-5-7-15(19)8-6-13)9-10-18(12)16(20)21-17(2,3)4/h5-8,12,14,19H,9-11H2,1-4H3/t12-,14-/m0/s1. The highest BCUT2D eigenvalue weighted by molar-refractivity contribution is 5.68. The van der Waals surface area contributed by atoms with Crippen LogP contribution in [-0.4, -0.2) is 34.3 Å². The normalized spacial score (nSPS) is 23.0. The summed E-state index contributed by atoms with van der Waals surface area (Å²) in [5.74, 6) is 0.720. The monoisotopic (exact) mass is 291 g/mol. The zero-order valence-electron chi connectivity index (χ0n) is 13.3. The molecule has 21 heavy (non-hydrogen) atoms. The number of likely N-dealkylation sites (tertiary alicyclic amines) is 1. The minimum Gasteiger partial charge on any atom is -0.508 e. The third kappa shape index (κ3) is 4.13. The fraction of sp³-hybridized carbons (Fsp3) is 0.588. The van der Waals surface area contributed by atoms with Crippen molar-refractivity contribution in [1.29, 1.82) is 0 Å². The highest BCUT2D eigenvalue weighted by atomic mass is 16.6. The van der Waals surface area contributed by atoms with Crippen molar-refractivity contribution in [3.8, 4) is 5.75 Å². The number of carbonyl (C=O) groups is 1. The van der Waals surface area contributed by atoms with Gasteiger partial charge in [0.05, 0.1) is 0 Å². The second-order valence-corrected chi connectivity index (χ2v) is 6.84. The molecular weight excluding hydrogens is 266 g/mol. The predicted molar refractivity (Wildman–Crippen MR) is 82.5 cm³/mol. The number of hydrogen-bond donors (Lipinski definition) is 1. The van der Waals surface area contributed by atoms with E-state index in [2.05, 4.69) is 6.92 Å². The minimum absolute atomic E-state index is 0.160. The van der Waals surface area contributed by atoms with Gasteiger partial charge in [0.2, 0.25) is 0 Å². The van der Waals surface area contributed by atoms with E-state index in [0.29, 0.717) is 12.5 Å². The van der Waals surface area contributed by atoms with E-state index in [9.17, 15) is 9.90 Å². The molecule has 0 unspecified atom stereocenters. The molecule has 0 aromatic heterocycles. The number of nitrogens with zero attached hydrogens (tertiary/aromatic N) is 1. The van der Waals surface area contributed by atoms with Crippen molar-refractivity contribution in [2.75, 3.05) is 6.54 Å². The van der Waals surface area contributed by atoms with Crippen molar-refractivity contribution in [2.45, 2.75) is 58.1 Å². The molecule has 1 N–H and O–H groups in total. The Morgan fingerprint density at radius 2 is 1.90 bits per heavy atom. The van der Waals surface area contributed by atoms with Gasteiger partial charge in [0.15, 0.2) is 0 Å². The summed E-state index contributed by atoms with van der Waals surface area (Å²) in [5, 5.41) is 9.36. The van der Waals surface area contributed by atoms with E-state index < -0.39 is 5.60 Å². The number of phenols is 1. The quantitative estimate of drug-likeness (QED) is 0.854. The lowest BCUT2D eigenvalue weighted by molar-refractivity contribution is 0.0103. The molecule has 1 saturated heterocycles. The van der Waals surface area contributed by atoms with Crippen LogP contribution >= 0.6 is 0 Å². The van der Waals surface area contributed by atoms with Gasteiger partial charge < -0.3 is 14.7 Å². The van der Waals surface area contributed by atoms with Gasteiger partial charge in [-0.25, -0.2) is 4.79 Å². The molecule has 0 spiro atoms. The lowest BCUT2D eigenvalue weighted by Gasteiger charge is -2.38. The Kier molecular flexibility index (Phi) is 4.45. The van der Waals surface area contributed by atoms with Gasteiger partial charge in [-0.2, -0.15) is 0 Å². The van der Waals surface area contributed by atoms with Gasteiger partial charge in [-0.15, -0.1) is 0 Å². The Balaban J connectivity index is 1.99. The Morgan fingerprint density at radius 3 is 2.43 bits per heavy atom. The number of ether oxygens (including phenoxy) is 1. The number of carbonyl (C=O) groups excluding carboxylic acids is 1. The van der Waals surface area contributed by atoms with Crippen molar-refractivity contribution in [2.24, 2.45) is 0 Å². The van der Waals surface area contributed by atoms with E-state index in [0.717, 1.165) is 12.8 Å². The molecule has 1 aliphatic heterocycles. The molecule has 1 aliphatic rings. The second kappa shape index (κ2) is 5.96. The van der Waals surface area contributed by atoms with Crippen molar-refractivity contribution >= 4 is 6.09 Å². The summed E-state index contributed by atoms with van der Waals surface area (Å²) in [6.07, 6.45) is 1.62. The first-order valence-corrected chi connectivity index (χ1v) is 7.55. The first-order valence-electron chi connectivity index (χ1n) is 7.55. The number of benzene rings is 1. The molecule has 4 nitrogen and oxygen atoms in total. The summed E-state index contributed by atoms with van der Waals surface area (Å²) in [7, 11) is 0. The summed E-state index contributed by atoms with van der Waals surface area (Å²) in [6.45, 7) is 8.44. The molecule has 2 rings (SSSR count). The Bertz CT molecular complexity index is 490. The zero-order valence-corrected chi connectivity index (χ0v) is 13.3. The molecule has 2 atom stereocenters. The Labute approximate surface area is 126 Å². The van der Waals surface area contributed by atoms with E-state index in [-0.39, 0.29) is 17.9 Å². The number of amides is 1. The maximum Gasteiger partial charge on any atom is 0.410 e. The Morgan fingerprint density at radius 1 is 1.29 bits per heavy atom. The first kappa shape index (κ1) is 15.7. The maximum atomic E-state index is 12.2. The van der Waals surface area contributed by atoms with Crippen molar-refractivity contribution < 1.29 is 14.6 Å². The van der Waals surface area contributed by atoms with Crippen LogP contribution in [0.4, 0.5) is 4.79 Å². The van der Waals surface area contributed by atoms with E-state index in [1.54, 1.807) is 12.1 Å². The highest BCUT2D eigenvalue weighted by Gasteiger charge is 2.32. The van der Waals surface area contributed by atoms with Gasteiger partial charge in [0.1, 0.15) is 11.4 Å². The SMILES string of the molecule is C[C@H]1C[C@@H](c2ccc(O)cc2)CCN1C(=O)OC(C)(C)C. The van der Waals surface area contributed by atoms with Crippen LogP contribution in [0.1, 0.15) is 52.0 Å². The van der Waals surface area contributed by atoms with Crippen LogP contribution in [0.3, 0.4) is 0 Å². The van der Waals surface area contributed by atoms with E-state index in [1.807, 2.05) is 37.8 Å². The molecule has 1 amide bonds. The van der Waals surface area contributed by atoms with Gasteiger partial charge in [-0.1, -0.05) is 12.1 Å². The van der Waals surface area contributed by atoms with Crippen molar-refractivity contribution in [1.82, 2.24) is 4.90 Å². The molecule has 4 heteroatoms. The van der Waals surface area contributed by atoms with E-state index in [4.69, 9.17) is 4.74 Å². The molecule has 1 aromatic carbocycles. The van der Waals surface area contributed by atoms with Gasteiger partial charge in [0.25, 0.3) is 0 Å². The van der Waals surface area contributed by atoms with Crippen LogP contribution in [0, 0.1) is 0 Å². The number of rotatable bonds is 1. The lowest BCUT2D eigenvalue weighted by Crippen LogP contribution is -2.46. The topological polar surface area (TPSA) is 49.8 Å². The van der Waals surface area contributed by atoms with Crippen molar-refractivity contribution in [3.05, 3.63) is 29.8 Å². The molecular formula is C17H25NO3. The van der Waals surface area contributed by atoms with Gasteiger partial charge in [0, 0.05) is 12.6 Å². The number of hydrogen-bond acceptors (Lipinski definition) is 3. The van der Waals surface area contributed by atoms with Crippen LogP contribution in [0.25, 0.3) is 0 Å². The largest absolute Gasteiger partial charge is 0.508 e. The maximum absolute atomic E-state index is 12.2. The zero-order chi connectivity index (χ0) is 15.6. The van der Waals surface area contributed by atoms with E-state index in [1.165, 1.54) is 5.56 Å². The Hall–Kier alpha value is -1.71. The number of phenolic OH excluding ortho intramolecular Hbond substituents is 1. The minimum atomic E-state index is -0.454. The van der Waals surface area contributed by atoms with Crippen LogP contribution in [0.2, 0.25) is 0 Å². The van der Waals surface area contributed by atoms with Gasteiger partial charge in [-0.05, 0) is 64.2 Å². The smallest absolute Gasteiger partial charge is 0.410 e. The molecule has 1 aromatic rings. The fourth-order valence-electron chi connectivity index (χ4n) is 2.81. The highest BCUT2D eigenvalue weighted by Crippen LogP contribution is 2.32. The summed E-state index contributed by atoms with van der Waals surface area (Å²) in [5.41, 5.74) is 0.772. The second-order valence-electron chi connectivity index (χ2n) is 6.84. The van der Waals surface area contributed by atoms with Crippen molar-refractivity contribution in [3.63, 3.8) is 0 Å². The van der Waals surface area contributed by atoms with Crippen LogP contribution in [0.5, 0.6) is 5.75 Å². The average Bonchev–Trinajstić information content (AvgIpc) is 2.37. The lowest BCUT2D eigenvalue weighted by atomic mass is 9.86. The number of piperidine rings is 1. The fourth-order valence-corrected chi connectivity index (χ4v) is 2.81. The molecule has 1 fully saturated rings. The first-order chi connectivity index (χ1) is 9.76. The molecule has 0 aliphatic carbocycles. The summed E-state index contributed by atoms with van der Waals surface area (Å²) in [6, 6.07) is 7.54. The van der Waals surface area contributed by atoms with Gasteiger partial charge >= 0.3 is 6.09 Å². The molecule has 0 radical (unpaired) electrons. The van der Waals surface area contributed by atoms with Crippen LogP contribution in [-0.2, 0) is 4.74 Å². The molecule has 0 bridgehead atoms.